The first-order chi connectivity index (χ1) is 10.8. The van der Waals surface area contributed by atoms with Gasteiger partial charge in [0.05, 0.1) is 6.61 Å². The second kappa shape index (κ2) is 9.20. The zero-order valence-corrected chi connectivity index (χ0v) is 14.4. The van der Waals surface area contributed by atoms with E-state index >= 15 is 0 Å². The lowest BCUT2D eigenvalue weighted by atomic mass is 10.2. The largest absolute Gasteiger partial charge is 0.462 e. The molecule has 0 aromatic heterocycles. The smallest absolute Gasteiger partial charge is 0.407 e. The molecule has 1 rings (SSSR count). The predicted octanol–water partition coefficient (Wildman–Crippen LogP) is 3.81. The molecule has 0 atom stereocenters. The van der Waals surface area contributed by atoms with Gasteiger partial charge in [-0.05, 0) is 51.0 Å². The van der Waals surface area contributed by atoms with Crippen molar-refractivity contribution < 1.29 is 19.1 Å². The van der Waals surface area contributed by atoms with E-state index in [1.807, 2.05) is 0 Å². The Morgan fingerprint density at radius 1 is 1.22 bits per heavy atom. The van der Waals surface area contributed by atoms with Crippen LogP contribution in [-0.4, -0.2) is 30.8 Å². The minimum atomic E-state index is -0.525. The van der Waals surface area contributed by atoms with Crippen LogP contribution in [0.25, 0.3) is 6.08 Å². The number of hydrogen-bond donors (Lipinski definition) is 1. The molecule has 0 heterocycles. The van der Waals surface area contributed by atoms with Gasteiger partial charge < -0.3 is 14.8 Å². The van der Waals surface area contributed by atoms with Gasteiger partial charge in [-0.2, -0.15) is 0 Å². The predicted molar refractivity (Wildman–Crippen MR) is 90.3 cm³/mol. The summed E-state index contributed by atoms with van der Waals surface area (Å²) in [5.41, 5.74) is 0.334. The van der Waals surface area contributed by atoms with E-state index in [4.69, 9.17) is 21.1 Å². The topological polar surface area (TPSA) is 64.6 Å². The minimum absolute atomic E-state index is 0.222. The molecule has 1 aromatic rings. The fraction of sp³-hybridized carbons (Fsp3) is 0.412. The molecule has 23 heavy (non-hydrogen) atoms. The van der Waals surface area contributed by atoms with Crippen molar-refractivity contribution in [3.63, 3.8) is 0 Å². The first-order valence-electron chi connectivity index (χ1n) is 7.33. The van der Waals surface area contributed by atoms with Gasteiger partial charge in [0.2, 0.25) is 0 Å². The molecule has 1 amide bonds. The van der Waals surface area contributed by atoms with E-state index in [1.54, 1.807) is 51.1 Å². The highest BCUT2D eigenvalue weighted by atomic mass is 35.5. The maximum absolute atomic E-state index is 11.5. The number of halogens is 1. The molecule has 0 bridgehead atoms. The summed E-state index contributed by atoms with van der Waals surface area (Å²) in [6, 6.07) is 7.09. The molecule has 0 spiro atoms. The lowest BCUT2D eigenvalue weighted by molar-refractivity contribution is -0.137. The Bertz CT molecular complexity index is 547. The number of hydrogen-bond acceptors (Lipinski definition) is 4. The van der Waals surface area contributed by atoms with Gasteiger partial charge in [0, 0.05) is 17.6 Å². The van der Waals surface area contributed by atoms with Gasteiger partial charge in [0.15, 0.2) is 0 Å². The van der Waals surface area contributed by atoms with E-state index in [-0.39, 0.29) is 6.61 Å². The minimum Gasteiger partial charge on any atom is -0.462 e. The highest BCUT2D eigenvalue weighted by molar-refractivity contribution is 6.30. The number of alkyl carbamates (subject to hydrolysis) is 1. The van der Waals surface area contributed by atoms with Crippen LogP contribution in [0.1, 0.15) is 32.8 Å². The number of carbonyl (C=O) groups excluding carboxylic acids is 2. The van der Waals surface area contributed by atoms with Crippen LogP contribution in [0.3, 0.4) is 0 Å². The number of amides is 1. The fourth-order valence-corrected chi connectivity index (χ4v) is 1.66. The van der Waals surface area contributed by atoms with Crippen molar-refractivity contribution in [2.75, 3.05) is 13.2 Å². The number of ether oxygens (including phenoxy) is 2. The molecule has 0 fully saturated rings. The maximum atomic E-state index is 11.5. The summed E-state index contributed by atoms with van der Waals surface area (Å²) in [6.45, 7) is 5.98. The summed E-state index contributed by atoms with van der Waals surface area (Å²) in [7, 11) is 0. The van der Waals surface area contributed by atoms with Crippen molar-refractivity contribution in [2.45, 2.75) is 32.8 Å². The maximum Gasteiger partial charge on any atom is 0.407 e. The van der Waals surface area contributed by atoms with Crippen molar-refractivity contribution in [3.8, 4) is 0 Å². The molecular formula is C17H22ClNO4. The number of nitrogens with one attached hydrogen (secondary N) is 1. The summed E-state index contributed by atoms with van der Waals surface area (Å²) in [5, 5.41) is 3.23. The second-order valence-corrected chi connectivity index (χ2v) is 6.27. The molecular weight excluding hydrogens is 318 g/mol. The average molecular weight is 340 g/mol. The molecule has 1 N–H and O–H groups in total. The van der Waals surface area contributed by atoms with Gasteiger partial charge in [-0.3, -0.25) is 0 Å². The molecule has 0 aliphatic rings. The normalized spacial score (nSPS) is 11.3. The average Bonchev–Trinajstić information content (AvgIpc) is 2.44. The molecule has 0 unspecified atom stereocenters. The van der Waals surface area contributed by atoms with E-state index in [0.717, 1.165) is 5.56 Å². The third kappa shape index (κ3) is 9.58. The summed E-state index contributed by atoms with van der Waals surface area (Å²) >= 11 is 5.78. The Kier molecular flexibility index (Phi) is 7.62. The van der Waals surface area contributed by atoms with Crippen molar-refractivity contribution in [1.82, 2.24) is 5.32 Å². The van der Waals surface area contributed by atoms with Crippen LogP contribution in [-0.2, 0) is 14.3 Å². The number of rotatable bonds is 6. The fourth-order valence-electron chi connectivity index (χ4n) is 1.54. The summed E-state index contributed by atoms with van der Waals surface area (Å²) in [5.74, 6) is -0.433. The standard InChI is InChI=1S/C17H22ClNO4/c1-17(2,3)23-16(21)19-11-4-12-22-15(20)10-7-13-5-8-14(18)9-6-13/h5-10H,4,11-12H2,1-3H3,(H,19,21)/b10-7+. The molecule has 0 aliphatic heterocycles. The van der Waals surface area contributed by atoms with Gasteiger partial charge >= 0.3 is 12.1 Å². The van der Waals surface area contributed by atoms with Crippen molar-refractivity contribution in [3.05, 3.63) is 40.9 Å². The summed E-state index contributed by atoms with van der Waals surface area (Å²) < 4.78 is 10.1. The van der Waals surface area contributed by atoms with Crippen molar-refractivity contribution in [2.24, 2.45) is 0 Å². The van der Waals surface area contributed by atoms with Crippen LogP contribution in [0.4, 0.5) is 4.79 Å². The van der Waals surface area contributed by atoms with Crippen LogP contribution in [0, 0.1) is 0 Å². The molecule has 1 aromatic carbocycles. The third-order valence-corrected chi connectivity index (χ3v) is 2.77. The summed E-state index contributed by atoms with van der Waals surface area (Å²) in [6.07, 6.45) is 3.04. The summed E-state index contributed by atoms with van der Waals surface area (Å²) in [4.78, 5) is 22.9. The van der Waals surface area contributed by atoms with Crippen LogP contribution >= 0.6 is 11.6 Å². The number of carbonyl (C=O) groups is 2. The Morgan fingerprint density at radius 2 is 1.87 bits per heavy atom. The van der Waals surface area contributed by atoms with Crippen LogP contribution in [0.2, 0.25) is 5.02 Å². The van der Waals surface area contributed by atoms with Gasteiger partial charge in [-0.25, -0.2) is 9.59 Å². The van der Waals surface area contributed by atoms with E-state index < -0.39 is 17.7 Å². The van der Waals surface area contributed by atoms with E-state index in [2.05, 4.69) is 5.32 Å². The quantitative estimate of drug-likeness (QED) is 0.486. The molecule has 0 saturated heterocycles. The lowest BCUT2D eigenvalue weighted by Crippen LogP contribution is -2.33. The number of esters is 1. The molecule has 0 radical (unpaired) electrons. The van der Waals surface area contributed by atoms with Crippen LogP contribution in [0.5, 0.6) is 0 Å². The Hall–Kier alpha value is -2.01. The van der Waals surface area contributed by atoms with Crippen molar-refractivity contribution in [1.29, 1.82) is 0 Å². The van der Waals surface area contributed by atoms with Crippen LogP contribution in [0.15, 0.2) is 30.3 Å². The zero-order valence-electron chi connectivity index (χ0n) is 13.6. The molecule has 5 nitrogen and oxygen atoms in total. The molecule has 0 saturated carbocycles. The Morgan fingerprint density at radius 3 is 2.48 bits per heavy atom. The highest BCUT2D eigenvalue weighted by Crippen LogP contribution is 2.10. The molecule has 6 heteroatoms. The Balaban J connectivity index is 2.17. The second-order valence-electron chi connectivity index (χ2n) is 5.83. The van der Waals surface area contributed by atoms with E-state index in [0.29, 0.717) is 18.0 Å². The zero-order chi connectivity index (χ0) is 17.3. The first kappa shape index (κ1) is 19.0. The lowest BCUT2D eigenvalue weighted by Gasteiger charge is -2.19. The van der Waals surface area contributed by atoms with Gasteiger partial charge in [-0.15, -0.1) is 0 Å². The van der Waals surface area contributed by atoms with E-state index in [9.17, 15) is 9.59 Å². The monoisotopic (exact) mass is 339 g/mol. The number of benzene rings is 1. The van der Waals surface area contributed by atoms with E-state index in [1.165, 1.54) is 6.08 Å². The van der Waals surface area contributed by atoms with Crippen molar-refractivity contribution >= 4 is 29.7 Å². The van der Waals surface area contributed by atoms with Crippen LogP contribution < -0.4 is 5.32 Å². The highest BCUT2D eigenvalue weighted by Gasteiger charge is 2.15. The Labute approximate surface area is 141 Å². The third-order valence-electron chi connectivity index (χ3n) is 2.52. The first-order valence-corrected chi connectivity index (χ1v) is 7.71. The molecule has 126 valence electrons. The van der Waals surface area contributed by atoms with Gasteiger partial charge in [0.1, 0.15) is 5.60 Å². The SMILES string of the molecule is CC(C)(C)OC(=O)NCCCOC(=O)/C=C/c1ccc(Cl)cc1. The van der Waals surface area contributed by atoms with Gasteiger partial charge in [-0.1, -0.05) is 23.7 Å². The molecule has 0 aliphatic carbocycles. The van der Waals surface area contributed by atoms with Gasteiger partial charge in [0.25, 0.3) is 0 Å².